The van der Waals surface area contributed by atoms with Crippen molar-refractivity contribution in [2.24, 2.45) is 5.92 Å². The molecule has 0 aromatic carbocycles. The minimum Gasteiger partial charge on any atom is -0.387 e. The van der Waals surface area contributed by atoms with Crippen LogP contribution in [0.5, 0.6) is 0 Å². The number of pyridine rings is 1. The molecule has 1 saturated carbocycles. The molecule has 7 heteroatoms. The van der Waals surface area contributed by atoms with Crippen LogP contribution in [0.2, 0.25) is 0 Å². The Kier molecular flexibility index (Phi) is 4.95. The predicted molar refractivity (Wildman–Crippen MR) is 77.1 cm³/mol. The quantitative estimate of drug-likeness (QED) is 0.730. The maximum absolute atomic E-state index is 12.4. The molecular weight excluding hydrogens is 278 g/mol. The molecule has 1 heterocycles. The maximum Gasteiger partial charge on any atom is 0.246 e. The summed E-state index contributed by atoms with van der Waals surface area (Å²) in [6.45, 7) is 1.50. The van der Waals surface area contributed by atoms with Gasteiger partial charge in [0, 0.05) is 39.6 Å². The summed E-state index contributed by atoms with van der Waals surface area (Å²) in [6.07, 6.45) is 5.39. The van der Waals surface area contributed by atoms with E-state index in [4.69, 9.17) is 4.74 Å². The van der Waals surface area contributed by atoms with Gasteiger partial charge in [-0.15, -0.1) is 0 Å². The van der Waals surface area contributed by atoms with E-state index in [0.29, 0.717) is 24.8 Å². The Hall–Kier alpha value is -1.18. The van der Waals surface area contributed by atoms with Crippen molar-refractivity contribution in [2.75, 3.05) is 39.2 Å². The number of sulfonamides is 1. The number of rotatable bonds is 8. The van der Waals surface area contributed by atoms with E-state index in [9.17, 15) is 8.42 Å². The van der Waals surface area contributed by atoms with Gasteiger partial charge < -0.3 is 10.1 Å². The zero-order chi connectivity index (χ0) is 14.6. The second-order valence-corrected chi connectivity index (χ2v) is 6.98. The van der Waals surface area contributed by atoms with Gasteiger partial charge in [0.15, 0.2) is 0 Å². The van der Waals surface area contributed by atoms with E-state index in [1.165, 1.54) is 23.3 Å². The summed E-state index contributed by atoms with van der Waals surface area (Å²) in [6, 6.07) is 1.64. The highest BCUT2D eigenvalue weighted by Crippen LogP contribution is 2.28. The van der Waals surface area contributed by atoms with E-state index in [1.807, 2.05) is 0 Å². The Labute approximate surface area is 120 Å². The number of ether oxygens (including phenoxy) is 1. The molecule has 20 heavy (non-hydrogen) atoms. The molecule has 0 aliphatic heterocycles. The van der Waals surface area contributed by atoms with Crippen LogP contribution in [0.4, 0.5) is 5.69 Å². The van der Waals surface area contributed by atoms with Gasteiger partial charge in [-0.05, 0) is 24.8 Å². The largest absolute Gasteiger partial charge is 0.387 e. The van der Waals surface area contributed by atoms with Gasteiger partial charge in [0.2, 0.25) is 10.0 Å². The lowest BCUT2D eigenvalue weighted by atomic mass is 10.4. The van der Waals surface area contributed by atoms with Crippen LogP contribution < -0.4 is 5.32 Å². The van der Waals surface area contributed by atoms with Gasteiger partial charge in [0.25, 0.3) is 0 Å². The van der Waals surface area contributed by atoms with Gasteiger partial charge in [-0.1, -0.05) is 0 Å². The molecule has 0 radical (unpaired) electrons. The number of hydrogen-bond acceptors (Lipinski definition) is 5. The smallest absolute Gasteiger partial charge is 0.246 e. The first-order valence-corrected chi connectivity index (χ1v) is 8.15. The minimum absolute atomic E-state index is 0.187. The van der Waals surface area contributed by atoms with Crippen LogP contribution >= 0.6 is 0 Å². The fourth-order valence-electron chi connectivity index (χ4n) is 1.81. The first-order chi connectivity index (χ1) is 9.55. The van der Waals surface area contributed by atoms with Gasteiger partial charge in [-0.3, -0.25) is 4.98 Å². The summed E-state index contributed by atoms with van der Waals surface area (Å²) in [4.78, 5) is 4.08. The van der Waals surface area contributed by atoms with Crippen LogP contribution in [0.25, 0.3) is 0 Å². The molecule has 0 atom stereocenters. The molecule has 0 unspecified atom stereocenters. The third kappa shape index (κ3) is 3.68. The molecule has 0 amide bonds. The maximum atomic E-state index is 12.4. The fraction of sp³-hybridized carbons (Fsp3) is 0.615. The zero-order valence-electron chi connectivity index (χ0n) is 11.9. The standard InChI is InChI=1S/C13H21N3O3S/c1-14-12-5-6-15-9-13(12)20(17,18)16(2)7-8-19-10-11-3-4-11/h5-6,9,11H,3-4,7-8,10H2,1-2H3,(H,14,15). The second kappa shape index (κ2) is 6.51. The van der Waals surface area contributed by atoms with Gasteiger partial charge in [0.1, 0.15) is 4.90 Å². The zero-order valence-corrected chi connectivity index (χ0v) is 12.7. The summed E-state index contributed by atoms with van der Waals surface area (Å²) in [5.41, 5.74) is 0.547. The van der Waals surface area contributed by atoms with E-state index < -0.39 is 10.0 Å². The highest BCUT2D eigenvalue weighted by molar-refractivity contribution is 7.89. The Morgan fingerprint density at radius 2 is 2.25 bits per heavy atom. The molecule has 1 aromatic heterocycles. The van der Waals surface area contributed by atoms with Crippen LogP contribution in [0.15, 0.2) is 23.4 Å². The molecule has 2 rings (SSSR count). The number of likely N-dealkylation sites (N-methyl/N-ethyl adjacent to an activating group) is 1. The summed E-state index contributed by atoms with van der Waals surface area (Å²) in [5.74, 6) is 0.686. The Balaban J connectivity index is 1.96. The van der Waals surface area contributed by atoms with E-state index in [1.54, 1.807) is 26.4 Å². The first kappa shape index (κ1) is 15.2. The molecule has 1 aliphatic carbocycles. The average molecular weight is 299 g/mol. The first-order valence-electron chi connectivity index (χ1n) is 6.71. The summed E-state index contributed by atoms with van der Waals surface area (Å²) < 4.78 is 31.7. The molecule has 1 aromatic rings. The number of anilines is 1. The summed E-state index contributed by atoms with van der Waals surface area (Å²) >= 11 is 0. The molecule has 6 nitrogen and oxygen atoms in total. The van der Waals surface area contributed by atoms with Gasteiger partial charge in [-0.2, -0.15) is 4.31 Å². The van der Waals surface area contributed by atoms with Gasteiger partial charge in [-0.25, -0.2) is 8.42 Å². The van der Waals surface area contributed by atoms with Crippen molar-refractivity contribution in [3.05, 3.63) is 18.5 Å². The van der Waals surface area contributed by atoms with E-state index in [0.717, 1.165) is 6.61 Å². The molecule has 0 spiro atoms. The number of nitrogens with zero attached hydrogens (tertiary/aromatic N) is 2. The van der Waals surface area contributed by atoms with E-state index in [2.05, 4.69) is 10.3 Å². The lowest BCUT2D eigenvalue weighted by molar-refractivity contribution is 0.117. The van der Waals surface area contributed by atoms with Crippen molar-refractivity contribution in [3.8, 4) is 0 Å². The third-order valence-electron chi connectivity index (χ3n) is 3.34. The summed E-state index contributed by atoms with van der Waals surface area (Å²) in [7, 11) is -0.293. The van der Waals surface area contributed by atoms with Crippen molar-refractivity contribution < 1.29 is 13.2 Å². The van der Waals surface area contributed by atoms with Crippen LogP contribution in [-0.2, 0) is 14.8 Å². The Bertz CT molecular complexity index is 544. The van der Waals surface area contributed by atoms with Gasteiger partial charge in [0.05, 0.1) is 12.3 Å². The van der Waals surface area contributed by atoms with Crippen molar-refractivity contribution in [1.29, 1.82) is 0 Å². The molecule has 1 aliphatic rings. The third-order valence-corrected chi connectivity index (χ3v) is 5.23. The lowest BCUT2D eigenvalue weighted by Gasteiger charge is -2.18. The van der Waals surface area contributed by atoms with Crippen LogP contribution in [0.1, 0.15) is 12.8 Å². The number of nitrogens with one attached hydrogen (secondary N) is 1. The Morgan fingerprint density at radius 1 is 1.50 bits per heavy atom. The number of hydrogen-bond donors (Lipinski definition) is 1. The van der Waals surface area contributed by atoms with Crippen molar-refractivity contribution >= 4 is 15.7 Å². The highest BCUT2D eigenvalue weighted by Gasteiger charge is 2.24. The molecule has 1 fully saturated rings. The van der Waals surface area contributed by atoms with Crippen LogP contribution in [0.3, 0.4) is 0 Å². The highest BCUT2D eigenvalue weighted by atomic mass is 32.2. The molecule has 0 saturated heterocycles. The van der Waals surface area contributed by atoms with Crippen molar-refractivity contribution in [1.82, 2.24) is 9.29 Å². The van der Waals surface area contributed by atoms with E-state index in [-0.39, 0.29) is 4.90 Å². The van der Waals surface area contributed by atoms with Gasteiger partial charge >= 0.3 is 0 Å². The molecule has 0 bridgehead atoms. The van der Waals surface area contributed by atoms with Crippen molar-refractivity contribution in [2.45, 2.75) is 17.7 Å². The monoisotopic (exact) mass is 299 g/mol. The van der Waals surface area contributed by atoms with Crippen LogP contribution in [0, 0.1) is 5.92 Å². The van der Waals surface area contributed by atoms with Crippen molar-refractivity contribution in [3.63, 3.8) is 0 Å². The van der Waals surface area contributed by atoms with E-state index >= 15 is 0 Å². The number of aromatic nitrogens is 1. The average Bonchev–Trinajstić information content (AvgIpc) is 3.27. The minimum atomic E-state index is -3.54. The second-order valence-electron chi connectivity index (χ2n) is 4.97. The fourth-order valence-corrected chi connectivity index (χ4v) is 3.10. The molecular formula is C13H21N3O3S. The predicted octanol–water partition coefficient (Wildman–Crippen LogP) is 1.17. The molecule has 112 valence electrons. The van der Waals surface area contributed by atoms with Crippen LogP contribution in [-0.4, -0.2) is 51.6 Å². The Morgan fingerprint density at radius 3 is 2.90 bits per heavy atom. The SMILES string of the molecule is CNc1ccncc1S(=O)(=O)N(C)CCOCC1CC1. The summed E-state index contributed by atoms with van der Waals surface area (Å²) in [5, 5.41) is 2.87. The molecule has 1 N–H and O–H groups in total. The lowest BCUT2D eigenvalue weighted by Crippen LogP contribution is -2.31. The normalized spacial score (nSPS) is 15.6. The topological polar surface area (TPSA) is 71.5 Å².